The Morgan fingerprint density at radius 3 is 3.00 bits per heavy atom. The quantitative estimate of drug-likeness (QED) is 0.727. The van der Waals surface area contributed by atoms with Gasteiger partial charge in [-0.15, -0.1) is 11.8 Å². The van der Waals surface area contributed by atoms with Gasteiger partial charge in [0, 0.05) is 12.4 Å². The molecule has 1 rings (SSSR count). The fourth-order valence-electron chi connectivity index (χ4n) is 1.22. The first-order valence-corrected chi connectivity index (χ1v) is 5.35. The summed E-state index contributed by atoms with van der Waals surface area (Å²) in [6.07, 6.45) is 3.76. The van der Waals surface area contributed by atoms with E-state index >= 15 is 0 Å². The monoisotopic (exact) mass is 190 g/mol. The van der Waals surface area contributed by atoms with Crippen molar-refractivity contribution >= 4 is 17.7 Å². The summed E-state index contributed by atoms with van der Waals surface area (Å²) in [5.74, 6) is 0.280. The van der Waals surface area contributed by atoms with E-state index in [9.17, 15) is 4.79 Å². The van der Waals surface area contributed by atoms with Crippen molar-refractivity contribution in [3.05, 3.63) is 0 Å². The minimum atomic E-state index is -0.740. The van der Waals surface area contributed by atoms with Crippen molar-refractivity contribution in [2.75, 3.05) is 18.1 Å². The van der Waals surface area contributed by atoms with Crippen LogP contribution in [-0.4, -0.2) is 35.3 Å². The van der Waals surface area contributed by atoms with Gasteiger partial charge in [-0.3, -0.25) is 4.79 Å². The topological polar surface area (TPSA) is 46.5 Å². The van der Waals surface area contributed by atoms with Crippen LogP contribution in [0.5, 0.6) is 0 Å². The van der Waals surface area contributed by atoms with E-state index in [1.807, 2.05) is 0 Å². The number of carbonyl (C=O) groups is 1. The molecule has 0 aromatic rings. The van der Waals surface area contributed by atoms with Crippen LogP contribution in [0.2, 0.25) is 0 Å². The fraction of sp³-hybridized carbons (Fsp3) is 0.875. The molecule has 3 nitrogen and oxygen atoms in total. The van der Waals surface area contributed by atoms with Gasteiger partial charge in [-0.05, 0) is 19.3 Å². The first-order chi connectivity index (χ1) is 5.79. The maximum atomic E-state index is 10.2. The zero-order valence-electron chi connectivity index (χ0n) is 6.99. The number of hydrogen-bond acceptors (Lipinski definition) is 3. The predicted molar refractivity (Wildman–Crippen MR) is 48.6 cm³/mol. The Morgan fingerprint density at radius 1 is 1.58 bits per heavy atom. The summed E-state index contributed by atoms with van der Waals surface area (Å²) in [6, 6.07) is 0. The van der Waals surface area contributed by atoms with Crippen molar-refractivity contribution in [1.82, 2.24) is 0 Å². The first-order valence-electron chi connectivity index (χ1n) is 4.20. The molecule has 12 heavy (non-hydrogen) atoms. The molecule has 1 N–H and O–H groups in total. The van der Waals surface area contributed by atoms with Gasteiger partial charge >= 0.3 is 5.97 Å². The lowest BCUT2D eigenvalue weighted by atomic mass is 10.1. The van der Waals surface area contributed by atoms with Crippen molar-refractivity contribution in [3.8, 4) is 0 Å². The van der Waals surface area contributed by atoms with E-state index in [0.717, 1.165) is 25.2 Å². The molecular weight excluding hydrogens is 176 g/mol. The molecule has 1 heterocycles. The minimum absolute atomic E-state index is 0.194. The Hall–Kier alpha value is -0.220. The molecule has 0 bridgehead atoms. The number of aliphatic carboxylic acids is 1. The second kappa shape index (κ2) is 5.43. The van der Waals surface area contributed by atoms with Gasteiger partial charge in [0.1, 0.15) is 0 Å². The van der Waals surface area contributed by atoms with Crippen LogP contribution >= 0.6 is 11.8 Å². The zero-order valence-corrected chi connectivity index (χ0v) is 7.81. The third-order valence-electron chi connectivity index (χ3n) is 1.80. The highest BCUT2D eigenvalue weighted by Gasteiger charge is 2.13. The number of rotatable bonds is 4. The molecule has 0 aliphatic carbocycles. The molecule has 0 amide bonds. The molecule has 0 radical (unpaired) electrons. The van der Waals surface area contributed by atoms with Crippen LogP contribution in [-0.2, 0) is 9.53 Å². The Balaban J connectivity index is 2.01. The summed E-state index contributed by atoms with van der Waals surface area (Å²) in [4.78, 5) is 10.2. The smallest absolute Gasteiger partial charge is 0.313 e. The van der Waals surface area contributed by atoms with Gasteiger partial charge in [0.25, 0.3) is 0 Å². The maximum Gasteiger partial charge on any atom is 0.313 e. The number of carboxylic acids is 1. The average molecular weight is 190 g/mol. The van der Waals surface area contributed by atoms with Crippen molar-refractivity contribution in [2.45, 2.75) is 25.4 Å². The van der Waals surface area contributed by atoms with E-state index in [1.165, 1.54) is 18.2 Å². The van der Waals surface area contributed by atoms with Gasteiger partial charge in [-0.2, -0.15) is 0 Å². The third kappa shape index (κ3) is 3.97. The summed E-state index contributed by atoms with van der Waals surface area (Å²) >= 11 is 1.44. The van der Waals surface area contributed by atoms with Gasteiger partial charge in [-0.25, -0.2) is 0 Å². The Labute approximate surface area is 76.5 Å². The molecular formula is C8H14O3S. The lowest BCUT2D eigenvalue weighted by Crippen LogP contribution is -2.21. The summed E-state index contributed by atoms with van der Waals surface area (Å²) < 4.78 is 5.45. The van der Waals surface area contributed by atoms with Gasteiger partial charge in [0.2, 0.25) is 0 Å². The van der Waals surface area contributed by atoms with Gasteiger partial charge in [0.15, 0.2) is 0 Å². The van der Waals surface area contributed by atoms with Crippen LogP contribution in [0.1, 0.15) is 19.3 Å². The molecule has 0 saturated carbocycles. The van der Waals surface area contributed by atoms with E-state index in [0.29, 0.717) is 6.10 Å². The molecule has 1 atom stereocenters. The van der Waals surface area contributed by atoms with Gasteiger partial charge < -0.3 is 9.84 Å². The van der Waals surface area contributed by atoms with E-state index < -0.39 is 5.97 Å². The summed E-state index contributed by atoms with van der Waals surface area (Å²) in [5, 5.41) is 8.38. The molecule has 0 aromatic heterocycles. The van der Waals surface area contributed by atoms with Crippen LogP contribution < -0.4 is 0 Å². The second-order valence-electron chi connectivity index (χ2n) is 2.90. The molecule has 1 aliphatic rings. The lowest BCUT2D eigenvalue weighted by molar-refractivity contribution is -0.133. The Kier molecular flexibility index (Phi) is 4.46. The first kappa shape index (κ1) is 9.86. The third-order valence-corrected chi connectivity index (χ3v) is 2.86. The number of ether oxygens (including phenoxy) is 1. The van der Waals surface area contributed by atoms with Gasteiger partial charge in [-0.1, -0.05) is 0 Å². The minimum Gasteiger partial charge on any atom is -0.481 e. The van der Waals surface area contributed by atoms with E-state index in [-0.39, 0.29) is 5.75 Å². The van der Waals surface area contributed by atoms with Crippen LogP contribution in [0.3, 0.4) is 0 Å². The Morgan fingerprint density at radius 2 is 2.42 bits per heavy atom. The maximum absolute atomic E-state index is 10.2. The summed E-state index contributed by atoms with van der Waals surface area (Å²) in [7, 11) is 0. The average Bonchev–Trinajstić information content (AvgIpc) is 2.05. The molecule has 1 fully saturated rings. The van der Waals surface area contributed by atoms with Crippen molar-refractivity contribution < 1.29 is 14.6 Å². The molecule has 1 saturated heterocycles. The van der Waals surface area contributed by atoms with E-state index in [2.05, 4.69) is 0 Å². The SMILES string of the molecule is O=C(O)CSC[C@@H]1CCCCO1. The largest absolute Gasteiger partial charge is 0.481 e. The van der Waals surface area contributed by atoms with Crippen molar-refractivity contribution in [2.24, 2.45) is 0 Å². The van der Waals surface area contributed by atoms with Crippen molar-refractivity contribution in [1.29, 1.82) is 0 Å². The number of thioether (sulfide) groups is 1. The molecule has 0 unspecified atom stereocenters. The second-order valence-corrected chi connectivity index (χ2v) is 3.93. The number of hydrogen-bond donors (Lipinski definition) is 1. The van der Waals surface area contributed by atoms with Crippen molar-refractivity contribution in [3.63, 3.8) is 0 Å². The molecule has 0 aromatic carbocycles. The predicted octanol–water partition coefficient (Wildman–Crippen LogP) is 1.37. The fourth-order valence-corrected chi connectivity index (χ4v) is 2.03. The lowest BCUT2D eigenvalue weighted by Gasteiger charge is -2.21. The van der Waals surface area contributed by atoms with Crippen LogP contribution in [0, 0.1) is 0 Å². The van der Waals surface area contributed by atoms with Crippen LogP contribution in [0.15, 0.2) is 0 Å². The highest BCUT2D eigenvalue weighted by atomic mass is 32.2. The Bertz CT molecular complexity index is 143. The van der Waals surface area contributed by atoms with Crippen LogP contribution in [0.4, 0.5) is 0 Å². The number of carboxylic acid groups (broad SMARTS) is 1. The molecule has 1 aliphatic heterocycles. The highest BCUT2D eigenvalue weighted by molar-refractivity contribution is 7.99. The highest BCUT2D eigenvalue weighted by Crippen LogP contribution is 2.16. The normalized spacial score (nSPS) is 23.8. The van der Waals surface area contributed by atoms with Gasteiger partial charge in [0.05, 0.1) is 11.9 Å². The molecule has 4 heteroatoms. The summed E-state index contributed by atoms with van der Waals surface area (Å²) in [6.45, 7) is 0.846. The molecule has 70 valence electrons. The van der Waals surface area contributed by atoms with E-state index in [4.69, 9.17) is 9.84 Å². The zero-order chi connectivity index (χ0) is 8.81. The van der Waals surface area contributed by atoms with E-state index in [1.54, 1.807) is 0 Å². The molecule has 0 spiro atoms. The summed E-state index contributed by atoms with van der Waals surface area (Å²) in [5.41, 5.74) is 0. The van der Waals surface area contributed by atoms with Crippen LogP contribution in [0.25, 0.3) is 0 Å². The standard InChI is InChI=1S/C8H14O3S/c9-8(10)6-12-5-7-3-1-2-4-11-7/h7H,1-6H2,(H,9,10)/t7-/m0/s1.